The molecule has 0 heterocycles. The van der Waals surface area contributed by atoms with E-state index in [1.54, 1.807) is 0 Å². The lowest BCUT2D eigenvalue weighted by molar-refractivity contribution is -0.154. The van der Waals surface area contributed by atoms with E-state index < -0.39 is 0 Å². The first kappa shape index (κ1) is 20.9. The van der Waals surface area contributed by atoms with Crippen LogP contribution in [0, 0.1) is 11.8 Å². The van der Waals surface area contributed by atoms with Gasteiger partial charge in [-0.1, -0.05) is 47.0 Å². The summed E-state index contributed by atoms with van der Waals surface area (Å²) >= 11 is 0. The third kappa shape index (κ3) is 11.6. The highest BCUT2D eigenvalue weighted by molar-refractivity contribution is 5.77. The fourth-order valence-electron chi connectivity index (χ4n) is 2.38. The van der Waals surface area contributed by atoms with Gasteiger partial charge in [0.05, 0.1) is 25.6 Å². The molecule has 2 atom stereocenters. The van der Waals surface area contributed by atoms with Crippen LogP contribution in [-0.2, 0) is 19.1 Å². The van der Waals surface area contributed by atoms with Crippen LogP contribution in [0.3, 0.4) is 0 Å². The number of carbonyl (C=O) groups excluding carboxylic acids is 2. The summed E-state index contributed by atoms with van der Waals surface area (Å²) in [6.45, 7) is 10.8. The molecular formula is C18H34O4. The van der Waals surface area contributed by atoms with E-state index in [1.807, 2.05) is 6.92 Å². The minimum atomic E-state index is -0.317. The molecule has 0 rings (SSSR count). The van der Waals surface area contributed by atoms with E-state index in [-0.39, 0.29) is 30.9 Å². The van der Waals surface area contributed by atoms with Gasteiger partial charge < -0.3 is 9.47 Å². The minimum absolute atomic E-state index is 0.0953. The SMILES string of the molecule is CCCCC(CC)COC(=O)CCC(=O)OC(C)CC(C)C. The fourth-order valence-corrected chi connectivity index (χ4v) is 2.38. The third-order valence-electron chi connectivity index (χ3n) is 3.69. The maximum atomic E-state index is 11.7. The van der Waals surface area contributed by atoms with Gasteiger partial charge in [0.25, 0.3) is 0 Å². The number of ether oxygens (including phenoxy) is 2. The Morgan fingerprint density at radius 2 is 1.64 bits per heavy atom. The van der Waals surface area contributed by atoms with Crippen molar-refractivity contribution in [3.8, 4) is 0 Å². The summed E-state index contributed by atoms with van der Waals surface area (Å²) in [6, 6.07) is 0. The minimum Gasteiger partial charge on any atom is -0.465 e. The van der Waals surface area contributed by atoms with Crippen LogP contribution >= 0.6 is 0 Å². The molecule has 0 bridgehead atoms. The van der Waals surface area contributed by atoms with Gasteiger partial charge in [-0.25, -0.2) is 0 Å². The topological polar surface area (TPSA) is 52.6 Å². The van der Waals surface area contributed by atoms with Gasteiger partial charge in [-0.05, 0) is 31.6 Å². The normalized spacial score (nSPS) is 13.7. The Morgan fingerprint density at radius 1 is 1.00 bits per heavy atom. The summed E-state index contributed by atoms with van der Waals surface area (Å²) in [4.78, 5) is 23.3. The molecule has 4 nitrogen and oxygen atoms in total. The van der Waals surface area contributed by atoms with Gasteiger partial charge in [0.2, 0.25) is 0 Å². The molecular weight excluding hydrogens is 280 g/mol. The Hall–Kier alpha value is -1.06. The summed E-state index contributed by atoms with van der Waals surface area (Å²) in [7, 11) is 0. The second-order valence-corrected chi connectivity index (χ2v) is 6.53. The fraction of sp³-hybridized carbons (Fsp3) is 0.889. The van der Waals surface area contributed by atoms with Gasteiger partial charge in [0.1, 0.15) is 0 Å². The summed E-state index contributed by atoms with van der Waals surface area (Å²) < 4.78 is 10.5. The molecule has 130 valence electrons. The largest absolute Gasteiger partial charge is 0.465 e. The lowest BCUT2D eigenvalue weighted by Gasteiger charge is -2.16. The zero-order valence-corrected chi connectivity index (χ0v) is 15.0. The molecule has 0 amide bonds. The molecule has 0 aromatic heterocycles. The van der Waals surface area contributed by atoms with E-state index in [1.165, 1.54) is 0 Å². The van der Waals surface area contributed by atoms with Crippen molar-refractivity contribution < 1.29 is 19.1 Å². The van der Waals surface area contributed by atoms with Crippen LogP contribution in [0.1, 0.15) is 79.6 Å². The van der Waals surface area contributed by atoms with Gasteiger partial charge >= 0.3 is 11.9 Å². The molecule has 22 heavy (non-hydrogen) atoms. The second kappa shape index (κ2) is 12.5. The Kier molecular flexibility index (Phi) is 11.9. The number of hydrogen-bond acceptors (Lipinski definition) is 4. The summed E-state index contributed by atoms with van der Waals surface area (Å²) in [6.07, 6.45) is 5.39. The molecule has 2 unspecified atom stereocenters. The smallest absolute Gasteiger partial charge is 0.306 e. The molecule has 0 fully saturated rings. The lowest BCUT2D eigenvalue weighted by atomic mass is 10.0. The molecule has 0 aliphatic rings. The molecule has 0 N–H and O–H groups in total. The zero-order valence-electron chi connectivity index (χ0n) is 15.0. The average molecular weight is 314 g/mol. The van der Waals surface area contributed by atoms with Crippen molar-refractivity contribution in [2.45, 2.75) is 85.7 Å². The molecule has 0 radical (unpaired) electrons. The summed E-state index contributed by atoms with van der Waals surface area (Å²) in [5.74, 6) is 0.301. The molecule has 4 heteroatoms. The molecule has 0 aromatic rings. The molecule has 0 aliphatic heterocycles. The highest BCUT2D eigenvalue weighted by atomic mass is 16.5. The van der Waals surface area contributed by atoms with Gasteiger partial charge in [0.15, 0.2) is 0 Å². The lowest BCUT2D eigenvalue weighted by Crippen LogP contribution is -2.19. The van der Waals surface area contributed by atoms with Crippen molar-refractivity contribution in [1.82, 2.24) is 0 Å². The van der Waals surface area contributed by atoms with Crippen LogP contribution in [0.25, 0.3) is 0 Å². The summed E-state index contributed by atoms with van der Waals surface area (Å²) in [5.41, 5.74) is 0. The van der Waals surface area contributed by atoms with E-state index in [0.717, 1.165) is 32.1 Å². The number of unbranched alkanes of at least 4 members (excludes halogenated alkanes) is 1. The third-order valence-corrected chi connectivity index (χ3v) is 3.69. The number of hydrogen-bond donors (Lipinski definition) is 0. The predicted octanol–water partition coefficient (Wildman–Crippen LogP) is 4.50. The number of carbonyl (C=O) groups is 2. The Balaban J connectivity index is 3.85. The van der Waals surface area contributed by atoms with Gasteiger partial charge in [-0.15, -0.1) is 0 Å². The van der Waals surface area contributed by atoms with Crippen LogP contribution in [0.5, 0.6) is 0 Å². The Bertz CT molecular complexity index is 312. The Labute approximate surface area is 135 Å². The van der Waals surface area contributed by atoms with E-state index in [2.05, 4.69) is 27.7 Å². The molecule has 0 aliphatic carbocycles. The number of esters is 2. The van der Waals surface area contributed by atoms with E-state index >= 15 is 0 Å². The molecule has 0 aromatic carbocycles. The van der Waals surface area contributed by atoms with Gasteiger partial charge in [-0.3, -0.25) is 9.59 Å². The van der Waals surface area contributed by atoms with Crippen molar-refractivity contribution in [1.29, 1.82) is 0 Å². The van der Waals surface area contributed by atoms with Crippen LogP contribution in [0.4, 0.5) is 0 Å². The van der Waals surface area contributed by atoms with Crippen molar-refractivity contribution >= 4 is 11.9 Å². The maximum Gasteiger partial charge on any atom is 0.306 e. The van der Waals surface area contributed by atoms with Crippen LogP contribution in [-0.4, -0.2) is 24.6 Å². The average Bonchev–Trinajstić information content (AvgIpc) is 2.44. The monoisotopic (exact) mass is 314 g/mol. The quantitative estimate of drug-likeness (QED) is 0.498. The van der Waals surface area contributed by atoms with Gasteiger partial charge in [-0.2, -0.15) is 0 Å². The first-order valence-corrected chi connectivity index (χ1v) is 8.74. The van der Waals surface area contributed by atoms with Crippen molar-refractivity contribution in [2.75, 3.05) is 6.61 Å². The standard InChI is InChI=1S/C18H34O4/c1-6-8-9-16(7-2)13-21-17(19)10-11-18(20)22-15(5)12-14(3)4/h14-16H,6-13H2,1-5H3. The van der Waals surface area contributed by atoms with Crippen molar-refractivity contribution in [2.24, 2.45) is 11.8 Å². The van der Waals surface area contributed by atoms with E-state index in [9.17, 15) is 9.59 Å². The second-order valence-electron chi connectivity index (χ2n) is 6.53. The van der Waals surface area contributed by atoms with Crippen LogP contribution < -0.4 is 0 Å². The van der Waals surface area contributed by atoms with Crippen LogP contribution in [0.15, 0.2) is 0 Å². The number of rotatable bonds is 12. The zero-order chi connectivity index (χ0) is 17.0. The predicted molar refractivity (Wildman–Crippen MR) is 88.5 cm³/mol. The highest BCUT2D eigenvalue weighted by Crippen LogP contribution is 2.13. The molecule has 0 saturated carbocycles. The first-order valence-electron chi connectivity index (χ1n) is 8.74. The van der Waals surface area contributed by atoms with E-state index in [4.69, 9.17) is 9.47 Å². The molecule has 0 spiro atoms. The van der Waals surface area contributed by atoms with Crippen LogP contribution in [0.2, 0.25) is 0 Å². The Morgan fingerprint density at radius 3 is 2.18 bits per heavy atom. The van der Waals surface area contributed by atoms with E-state index in [0.29, 0.717) is 18.4 Å². The van der Waals surface area contributed by atoms with Crippen molar-refractivity contribution in [3.05, 3.63) is 0 Å². The van der Waals surface area contributed by atoms with Crippen molar-refractivity contribution in [3.63, 3.8) is 0 Å². The maximum absolute atomic E-state index is 11.7. The summed E-state index contributed by atoms with van der Waals surface area (Å²) in [5, 5.41) is 0. The highest BCUT2D eigenvalue weighted by Gasteiger charge is 2.15. The first-order chi connectivity index (χ1) is 10.4. The molecule has 0 saturated heterocycles. The van der Waals surface area contributed by atoms with Gasteiger partial charge in [0, 0.05) is 0 Å².